The fraction of sp³-hybridized carbons (Fsp3) is 0.452. The summed E-state index contributed by atoms with van der Waals surface area (Å²) in [5.41, 5.74) is 11.8. The van der Waals surface area contributed by atoms with E-state index in [-0.39, 0.29) is 55.2 Å². The van der Waals surface area contributed by atoms with Crippen molar-refractivity contribution in [2.75, 3.05) is 13.1 Å². The molecule has 3 aromatic rings. The van der Waals surface area contributed by atoms with Gasteiger partial charge in [-0.1, -0.05) is 29.3 Å². The van der Waals surface area contributed by atoms with Crippen molar-refractivity contribution in [2.24, 2.45) is 11.5 Å². The molecule has 16 heteroatoms. The number of hydrogen-bond acceptors (Lipinski definition) is 11. The largest absolute Gasteiger partial charge is 0.586 e. The molecule has 1 amide bonds. The lowest BCUT2D eigenvalue weighted by molar-refractivity contribution is -0.286. The molecule has 0 bridgehead atoms. The fourth-order valence-electron chi connectivity index (χ4n) is 6.22. The van der Waals surface area contributed by atoms with Crippen LogP contribution in [0.5, 0.6) is 11.5 Å². The third-order valence-corrected chi connectivity index (χ3v) is 9.21. The summed E-state index contributed by atoms with van der Waals surface area (Å²) in [4.78, 5) is 57.3. The van der Waals surface area contributed by atoms with Gasteiger partial charge in [0.15, 0.2) is 11.5 Å². The number of aromatic nitrogens is 2. The first-order chi connectivity index (χ1) is 22.4. The highest BCUT2D eigenvalue weighted by Crippen LogP contribution is 2.47. The van der Waals surface area contributed by atoms with Gasteiger partial charge in [-0.3, -0.25) is 14.4 Å². The van der Waals surface area contributed by atoms with Crippen LogP contribution in [0.2, 0.25) is 0 Å². The van der Waals surface area contributed by atoms with Gasteiger partial charge in [0.25, 0.3) is 5.56 Å². The maximum atomic E-state index is 13.9. The zero-order valence-corrected chi connectivity index (χ0v) is 26.9. The smallest absolute Gasteiger partial charge is 0.457 e. The van der Waals surface area contributed by atoms with Crippen LogP contribution in [0.15, 0.2) is 23.0 Å². The minimum atomic E-state index is -3.81. The maximum Gasteiger partial charge on any atom is 0.586 e. The molecule has 13 nitrogen and oxygen atoms in total. The number of nitrogens with one attached hydrogen (secondary N) is 1. The lowest BCUT2D eigenvalue weighted by Crippen LogP contribution is -2.48. The van der Waals surface area contributed by atoms with Gasteiger partial charge in [0.1, 0.15) is 6.61 Å². The van der Waals surface area contributed by atoms with Gasteiger partial charge < -0.3 is 40.3 Å². The Morgan fingerprint density at radius 2 is 1.91 bits per heavy atom. The first-order valence-corrected chi connectivity index (χ1v) is 16.3. The molecule has 0 radical (unpaired) electrons. The molecule has 0 spiro atoms. The summed E-state index contributed by atoms with van der Waals surface area (Å²) in [6.07, 6.45) is -2.26. The molecule has 2 atom stereocenters. The number of carbonyl (C=O) groups excluding carboxylic acids is 3. The first kappa shape index (κ1) is 32.8. The van der Waals surface area contributed by atoms with E-state index in [1.54, 1.807) is 13.0 Å². The molecule has 0 saturated heterocycles. The van der Waals surface area contributed by atoms with E-state index in [2.05, 4.69) is 30.7 Å². The minimum Gasteiger partial charge on any atom is -0.457 e. The van der Waals surface area contributed by atoms with Crippen LogP contribution in [-0.4, -0.2) is 52.8 Å². The van der Waals surface area contributed by atoms with E-state index in [0.717, 1.165) is 6.42 Å². The Morgan fingerprint density at radius 1 is 1.17 bits per heavy atom. The fourth-order valence-corrected chi connectivity index (χ4v) is 6.86. The van der Waals surface area contributed by atoms with Gasteiger partial charge in [0, 0.05) is 34.5 Å². The van der Waals surface area contributed by atoms with E-state index >= 15 is 0 Å². The van der Waals surface area contributed by atoms with E-state index in [9.17, 15) is 28.0 Å². The topological polar surface area (TPSA) is 187 Å². The number of nitrogens with zero attached hydrogens (tertiary/aromatic N) is 2. The molecule has 1 aromatic carbocycles. The van der Waals surface area contributed by atoms with Gasteiger partial charge in [0.05, 0.1) is 41.5 Å². The lowest BCUT2D eigenvalue weighted by atomic mass is 9.85. The standard InChI is InChI=1S/C31H32BrF2N5O8/c1-2-30(47-25(40)6-8-37-27(41)20(36)5-3-4-7-35)19-10-22-26-17(13-39(22)28(42)18(19)14-44-29(30)43)16(12-32)15-9-23-24(11-21(15)38-26)46-31(33,34)45-23/h9-11,20H,2-8,12-14,35-36H2,1H3,(H,37,41). The molecule has 0 fully saturated rings. The van der Waals surface area contributed by atoms with Crippen LogP contribution in [0.25, 0.3) is 22.3 Å². The van der Waals surface area contributed by atoms with Gasteiger partial charge in [0.2, 0.25) is 11.5 Å². The molecular weight excluding hydrogens is 688 g/mol. The normalized spacial score (nSPS) is 19.1. The highest BCUT2D eigenvalue weighted by Gasteiger charge is 2.50. The number of carbonyl (C=O) groups is 3. The van der Waals surface area contributed by atoms with Gasteiger partial charge >= 0.3 is 18.2 Å². The number of halogens is 3. The second-order valence-corrected chi connectivity index (χ2v) is 12.1. The summed E-state index contributed by atoms with van der Waals surface area (Å²) in [6.45, 7) is 1.83. The number of esters is 2. The summed E-state index contributed by atoms with van der Waals surface area (Å²) in [5, 5.41) is 3.44. The molecule has 2 aromatic heterocycles. The molecule has 0 aliphatic carbocycles. The molecule has 5 heterocycles. The highest BCUT2D eigenvalue weighted by atomic mass is 79.9. The number of benzene rings is 1. The van der Waals surface area contributed by atoms with Crippen molar-refractivity contribution in [2.45, 2.75) is 75.4 Å². The van der Waals surface area contributed by atoms with E-state index in [1.165, 1.54) is 16.7 Å². The summed E-state index contributed by atoms with van der Waals surface area (Å²) < 4.78 is 49.6. The van der Waals surface area contributed by atoms with Crippen molar-refractivity contribution in [1.82, 2.24) is 14.9 Å². The minimum absolute atomic E-state index is 0.0474. The summed E-state index contributed by atoms with van der Waals surface area (Å²) in [6, 6.07) is 3.62. The first-order valence-electron chi connectivity index (χ1n) is 15.1. The van der Waals surface area contributed by atoms with Crippen LogP contribution in [0, 0.1) is 0 Å². The van der Waals surface area contributed by atoms with Crippen molar-refractivity contribution in [3.05, 3.63) is 50.8 Å². The predicted octanol–water partition coefficient (Wildman–Crippen LogP) is 2.81. The molecule has 6 rings (SSSR count). The number of cyclic esters (lactones) is 1. The van der Waals surface area contributed by atoms with Gasteiger partial charge in [-0.25, -0.2) is 9.78 Å². The van der Waals surface area contributed by atoms with Crippen LogP contribution in [0.4, 0.5) is 8.78 Å². The summed E-state index contributed by atoms with van der Waals surface area (Å²) >= 11 is 3.49. The summed E-state index contributed by atoms with van der Waals surface area (Å²) in [7, 11) is 0. The van der Waals surface area contributed by atoms with Crippen molar-refractivity contribution in [3.63, 3.8) is 0 Å². The van der Waals surface area contributed by atoms with Gasteiger partial charge in [-0.15, -0.1) is 8.78 Å². The molecule has 3 aliphatic heterocycles. The Hall–Kier alpha value is -4.15. The lowest BCUT2D eigenvalue weighted by Gasteiger charge is -2.35. The molecule has 0 saturated carbocycles. The van der Waals surface area contributed by atoms with E-state index in [1.807, 2.05) is 0 Å². The third kappa shape index (κ3) is 5.71. The number of hydrogen-bond donors (Lipinski definition) is 3. The van der Waals surface area contributed by atoms with Crippen LogP contribution >= 0.6 is 15.9 Å². The second-order valence-electron chi connectivity index (χ2n) is 11.5. The molecule has 2 unspecified atom stereocenters. The number of amides is 1. The Labute approximate surface area is 275 Å². The van der Waals surface area contributed by atoms with E-state index in [0.29, 0.717) is 58.1 Å². The number of fused-ring (bicyclic) bond motifs is 6. The third-order valence-electron chi connectivity index (χ3n) is 8.65. The Balaban J connectivity index is 1.32. The molecule has 47 heavy (non-hydrogen) atoms. The number of nitrogens with two attached hydrogens (primary N) is 2. The number of rotatable bonds is 11. The monoisotopic (exact) mass is 719 g/mol. The van der Waals surface area contributed by atoms with Crippen molar-refractivity contribution >= 4 is 44.7 Å². The molecule has 5 N–H and O–H groups in total. The molecular formula is C31H32BrF2N5O8. The molecule has 3 aliphatic rings. The van der Waals surface area contributed by atoms with E-state index in [4.69, 9.17) is 25.9 Å². The average molecular weight is 721 g/mol. The molecule has 250 valence electrons. The Bertz CT molecular complexity index is 1870. The van der Waals surface area contributed by atoms with Gasteiger partial charge in [-0.2, -0.15) is 0 Å². The van der Waals surface area contributed by atoms with Crippen molar-refractivity contribution in [1.29, 1.82) is 0 Å². The Kier molecular flexibility index (Phi) is 8.69. The van der Waals surface area contributed by atoms with E-state index < -0.39 is 41.3 Å². The number of ether oxygens (including phenoxy) is 4. The SMILES string of the molecule is CCC1(OC(=O)CCNC(=O)C(N)CCCCN)C(=O)OCc2c1cc1n(c2=O)Cc2c-1nc1cc3c(cc1c2CBr)OC(F)(F)O3. The van der Waals surface area contributed by atoms with Crippen molar-refractivity contribution < 1.29 is 42.1 Å². The maximum absolute atomic E-state index is 13.9. The average Bonchev–Trinajstić information content (AvgIpc) is 3.55. The summed E-state index contributed by atoms with van der Waals surface area (Å²) in [5.74, 6) is -2.38. The number of pyridine rings is 2. The van der Waals surface area contributed by atoms with Gasteiger partial charge in [-0.05, 0) is 43.5 Å². The zero-order valence-electron chi connectivity index (χ0n) is 25.3. The number of alkyl halides is 3. The highest BCUT2D eigenvalue weighted by molar-refractivity contribution is 9.08. The predicted molar refractivity (Wildman–Crippen MR) is 166 cm³/mol. The van der Waals surface area contributed by atoms with Crippen LogP contribution < -0.4 is 31.8 Å². The number of unbranched alkanes of at least 4 members (excludes halogenated alkanes) is 1. The van der Waals surface area contributed by atoms with Crippen LogP contribution in [0.3, 0.4) is 0 Å². The van der Waals surface area contributed by atoms with Crippen molar-refractivity contribution in [3.8, 4) is 22.9 Å². The zero-order chi connectivity index (χ0) is 33.7. The van der Waals surface area contributed by atoms with Crippen LogP contribution in [-0.2, 0) is 47.9 Å². The van der Waals surface area contributed by atoms with Crippen LogP contribution in [0.1, 0.15) is 61.3 Å². The Morgan fingerprint density at radius 3 is 2.62 bits per heavy atom. The second kappa shape index (κ2) is 12.5. The quantitative estimate of drug-likeness (QED) is 0.118.